The predicted molar refractivity (Wildman–Crippen MR) is 172 cm³/mol. The number of hydrogen-bond donors (Lipinski definition) is 4. The van der Waals surface area contributed by atoms with Crippen molar-refractivity contribution < 1.29 is 38.2 Å². The highest BCUT2D eigenvalue weighted by atomic mass is 16.5. The van der Waals surface area contributed by atoms with Crippen molar-refractivity contribution in [1.29, 1.82) is 0 Å². The topological polar surface area (TPSA) is 233 Å². The second kappa shape index (κ2) is 23.0. The van der Waals surface area contributed by atoms with Gasteiger partial charge in [-0.2, -0.15) is 0 Å². The smallest absolute Gasteiger partial charge is 0.329 e. The summed E-state index contributed by atoms with van der Waals surface area (Å²) in [5, 5.41) is 5.17. The molecule has 16 nitrogen and oxygen atoms in total. The van der Waals surface area contributed by atoms with Crippen molar-refractivity contribution in [2.45, 2.75) is 97.1 Å². The maximum absolute atomic E-state index is 12.4. The zero-order valence-electron chi connectivity index (χ0n) is 27.9. The van der Waals surface area contributed by atoms with Gasteiger partial charge in [0, 0.05) is 65.0 Å². The molecule has 0 saturated carbocycles. The molecule has 0 aliphatic heterocycles. The number of rotatable bonds is 19. The molecule has 262 valence electrons. The summed E-state index contributed by atoms with van der Waals surface area (Å²) in [6.45, 7) is 5.70. The van der Waals surface area contributed by atoms with Gasteiger partial charge < -0.3 is 31.6 Å². The number of imidazole rings is 2. The number of nitrogens with two attached hydrogens (primary N) is 2. The summed E-state index contributed by atoms with van der Waals surface area (Å²) in [6.07, 6.45) is 12.9. The molecule has 0 bridgehead atoms. The first-order chi connectivity index (χ1) is 22.4. The average molecular weight is 663 g/mol. The van der Waals surface area contributed by atoms with Gasteiger partial charge in [0.1, 0.15) is 24.7 Å². The van der Waals surface area contributed by atoms with Crippen molar-refractivity contribution in [1.82, 2.24) is 29.7 Å². The molecule has 2 amide bonds. The van der Waals surface area contributed by atoms with Gasteiger partial charge >= 0.3 is 11.9 Å². The molecule has 0 aromatic carbocycles. The molecule has 47 heavy (non-hydrogen) atoms. The van der Waals surface area contributed by atoms with E-state index < -0.39 is 24.0 Å². The van der Waals surface area contributed by atoms with Crippen LogP contribution in [0.5, 0.6) is 0 Å². The van der Waals surface area contributed by atoms with Gasteiger partial charge in [-0.3, -0.25) is 28.3 Å². The SMILES string of the molecule is CCCCCCCCOC(=O)[C@@H](Cc1cn(C(C)=O)cn1)NC(=O)CCN.COC(=O)[C@@H](Cc1cn(C(C)=O)cn1)NC(=O)CCN. The Labute approximate surface area is 275 Å². The van der Waals surface area contributed by atoms with E-state index in [4.69, 9.17) is 16.2 Å². The highest BCUT2D eigenvalue weighted by Crippen LogP contribution is 2.08. The average Bonchev–Trinajstić information content (AvgIpc) is 3.70. The van der Waals surface area contributed by atoms with Gasteiger partial charge in [0.05, 0.1) is 25.1 Å². The van der Waals surface area contributed by atoms with Gasteiger partial charge in [0.15, 0.2) is 0 Å². The summed E-state index contributed by atoms with van der Waals surface area (Å²) in [7, 11) is 1.23. The monoisotopic (exact) mass is 662 g/mol. The first-order valence-electron chi connectivity index (χ1n) is 15.8. The zero-order chi connectivity index (χ0) is 35.2. The second-order valence-electron chi connectivity index (χ2n) is 10.8. The molecule has 0 spiro atoms. The third kappa shape index (κ3) is 16.6. The van der Waals surface area contributed by atoms with Crippen molar-refractivity contribution in [2.75, 3.05) is 26.8 Å². The van der Waals surface area contributed by atoms with Gasteiger partial charge in [0.2, 0.25) is 23.6 Å². The van der Waals surface area contributed by atoms with Crippen LogP contribution in [0.1, 0.15) is 93.1 Å². The largest absolute Gasteiger partial charge is 0.467 e. The Morgan fingerprint density at radius 1 is 0.745 bits per heavy atom. The van der Waals surface area contributed by atoms with E-state index in [9.17, 15) is 28.8 Å². The predicted octanol–water partition coefficient (Wildman–Crippen LogP) is 0.915. The molecular formula is C31H50N8O8. The standard InChI is InChI=1S/C19H32N4O4.C12H18N4O4/c1-3-4-5-6-7-8-11-27-19(26)17(22-18(25)9-10-20)12-16-13-23(14-21-16)15(2)24;1-8(17)16-6-9(14-7-16)5-10(12(19)20-2)15-11(18)3-4-13/h13-14,17H,3-12,20H2,1-2H3,(H,22,25);6-7,10H,3-5,13H2,1-2H3,(H,15,18)/t17-;10-/m11/s1. The molecule has 0 aliphatic rings. The molecule has 2 rings (SSSR count). The van der Waals surface area contributed by atoms with Crippen LogP contribution >= 0.6 is 0 Å². The maximum Gasteiger partial charge on any atom is 0.329 e. The summed E-state index contributed by atoms with van der Waals surface area (Å²) in [5.41, 5.74) is 11.7. The molecule has 0 unspecified atom stereocenters. The molecule has 2 heterocycles. The van der Waals surface area contributed by atoms with Crippen LogP contribution in [0.25, 0.3) is 0 Å². The number of carbonyl (C=O) groups excluding carboxylic acids is 6. The van der Waals surface area contributed by atoms with E-state index in [1.807, 2.05) is 0 Å². The number of ether oxygens (including phenoxy) is 2. The maximum atomic E-state index is 12.4. The highest BCUT2D eigenvalue weighted by molar-refractivity contribution is 5.85. The minimum absolute atomic E-state index is 0.120. The molecule has 0 saturated heterocycles. The van der Waals surface area contributed by atoms with Crippen molar-refractivity contribution in [3.8, 4) is 0 Å². The van der Waals surface area contributed by atoms with E-state index in [2.05, 4.69) is 32.3 Å². The quantitative estimate of drug-likeness (QED) is 0.121. The summed E-state index contributed by atoms with van der Waals surface area (Å²) in [4.78, 5) is 78.0. The Balaban J connectivity index is 0.000000491. The van der Waals surface area contributed by atoms with E-state index >= 15 is 0 Å². The lowest BCUT2D eigenvalue weighted by Crippen LogP contribution is -2.44. The molecular weight excluding hydrogens is 612 g/mol. The van der Waals surface area contributed by atoms with Crippen LogP contribution in [-0.4, -0.2) is 93.6 Å². The Bertz CT molecular complexity index is 1290. The van der Waals surface area contributed by atoms with Gasteiger partial charge in [-0.1, -0.05) is 39.0 Å². The van der Waals surface area contributed by atoms with E-state index in [1.54, 1.807) is 6.20 Å². The fraction of sp³-hybridized carbons (Fsp3) is 0.613. The summed E-state index contributed by atoms with van der Waals surface area (Å²) in [5.74, 6) is -2.09. The Hall–Kier alpha value is -4.44. The van der Waals surface area contributed by atoms with Gasteiger partial charge in [-0.05, 0) is 6.42 Å². The Kier molecular flexibility index (Phi) is 19.8. The van der Waals surface area contributed by atoms with E-state index in [1.165, 1.54) is 68.2 Å². The first-order valence-corrected chi connectivity index (χ1v) is 15.8. The van der Waals surface area contributed by atoms with Crippen LogP contribution in [0, 0.1) is 0 Å². The lowest BCUT2D eigenvalue weighted by atomic mass is 10.1. The van der Waals surface area contributed by atoms with Crippen molar-refractivity contribution in [3.05, 3.63) is 36.4 Å². The fourth-order valence-electron chi connectivity index (χ4n) is 4.18. The number of amides is 2. The number of nitrogens with one attached hydrogen (secondary N) is 2. The third-order valence-corrected chi connectivity index (χ3v) is 6.75. The first kappa shape index (κ1) is 40.6. The van der Waals surface area contributed by atoms with Crippen LogP contribution in [0.3, 0.4) is 0 Å². The molecule has 6 N–H and O–H groups in total. The van der Waals surface area contributed by atoms with Crippen LogP contribution < -0.4 is 22.1 Å². The van der Waals surface area contributed by atoms with Crippen LogP contribution in [0.4, 0.5) is 0 Å². The lowest BCUT2D eigenvalue weighted by molar-refractivity contribution is -0.148. The Morgan fingerprint density at radius 2 is 1.19 bits per heavy atom. The molecule has 2 aromatic heterocycles. The summed E-state index contributed by atoms with van der Waals surface area (Å²) >= 11 is 0. The Morgan fingerprint density at radius 3 is 1.60 bits per heavy atom. The van der Waals surface area contributed by atoms with Gasteiger partial charge in [-0.25, -0.2) is 19.6 Å². The minimum atomic E-state index is -0.852. The minimum Gasteiger partial charge on any atom is -0.467 e. The number of carbonyl (C=O) groups is 6. The van der Waals surface area contributed by atoms with Crippen molar-refractivity contribution in [3.63, 3.8) is 0 Å². The highest BCUT2D eigenvalue weighted by Gasteiger charge is 2.24. The van der Waals surface area contributed by atoms with Crippen molar-refractivity contribution in [2.24, 2.45) is 11.5 Å². The lowest BCUT2D eigenvalue weighted by Gasteiger charge is -2.17. The molecule has 0 fully saturated rings. The van der Waals surface area contributed by atoms with Crippen LogP contribution in [-0.2, 0) is 41.5 Å². The number of esters is 2. The van der Waals surface area contributed by atoms with E-state index in [-0.39, 0.29) is 62.4 Å². The number of aromatic nitrogens is 4. The van der Waals surface area contributed by atoms with Crippen molar-refractivity contribution >= 4 is 35.6 Å². The molecule has 2 atom stereocenters. The number of nitrogens with zero attached hydrogens (tertiary/aromatic N) is 4. The second-order valence-corrected chi connectivity index (χ2v) is 10.8. The van der Waals surface area contributed by atoms with Gasteiger partial charge in [-0.15, -0.1) is 0 Å². The van der Waals surface area contributed by atoms with E-state index in [0.717, 1.165) is 19.3 Å². The number of unbranched alkanes of at least 4 members (excludes halogenated alkanes) is 5. The van der Waals surface area contributed by atoms with E-state index in [0.29, 0.717) is 18.0 Å². The van der Waals surface area contributed by atoms with Gasteiger partial charge in [0.25, 0.3) is 0 Å². The zero-order valence-corrected chi connectivity index (χ0v) is 27.9. The third-order valence-electron chi connectivity index (χ3n) is 6.75. The van der Waals surface area contributed by atoms with Crippen LogP contribution in [0.2, 0.25) is 0 Å². The number of methoxy groups -OCH3 is 1. The molecule has 2 aromatic rings. The summed E-state index contributed by atoms with van der Waals surface area (Å²) < 4.78 is 12.6. The normalized spacial score (nSPS) is 11.8. The number of hydrogen-bond acceptors (Lipinski definition) is 12. The fourth-order valence-corrected chi connectivity index (χ4v) is 4.18. The molecule has 0 radical (unpaired) electrons. The van der Waals surface area contributed by atoms with Crippen LogP contribution in [0.15, 0.2) is 25.0 Å². The summed E-state index contributed by atoms with van der Waals surface area (Å²) in [6, 6.07) is -1.70. The molecule has 16 heteroatoms. The molecule has 0 aliphatic carbocycles.